The number of amides is 1. The normalized spacial score (nSPS) is 10.9. The topological polar surface area (TPSA) is 59.9 Å². The third-order valence-corrected chi connectivity index (χ3v) is 4.99. The quantitative estimate of drug-likeness (QED) is 0.261. The molecule has 7 heteroatoms. The van der Waals surface area contributed by atoms with Crippen LogP contribution in [-0.4, -0.2) is 25.3 Å². The molecule has 2 aromatic carbocycles. The molecule has 0 aromatic heterocycles. The van der Waals surface area contributed by atoms with E-state index in [0.29, 0.717) is 26.1 Å². The summed E-state index contributed by atoms with van der Waals surface area (Å²) >= 11 is 6.93. The predicted octanol–water partition coefficient (Wildman–Crippen LogP) is 5.48. The number of benzene rings is 2. The number of nitrogens with zero attached hydrogens (tertiary/aromatic N) is 1. The molecule has 1 N–H and O–H groups in total. The Labute approximate surface area is 182 Å². The van der Waals surface area contributed by atoms with Crippen LogP contribution in [-0.2, 0) is 11.2 Å². The second-order valence-electron chi connectivity index (χ2n) is 5.98. The number of rotatable bonds is 10. The molecule has 0 radical (unpaired) electrons. The van der Waals surface area contributed by atoms with Crippen LogP contribution in [0.5, 0.6) is 11.5 Å². The Bertz CT molecular complexity index is 825. The first-order valence-electron chi connectivity index (χ1n) is 9.19. The van der Waals surface area contributed by atoms with E-state index in [9.17, 15) is 4.79 Å². The summed E-state index contributed by atoms with van der Waals surface area (Å²) < 4.78 is 13.1. The molecule has 0 heterocycles. The molecule has 0 unspecified atom stereocenters. The maximum atomic E-state index is 11.9. The molecular weight excluding hydrogens is 488 g/mol. The second-order valence-corrected chi connectivity index (χ2v) is 7.75. The first-order valence-corrected chi connectivity index (χ1v) is 10.8. The molecule has 0 spiro atoms. The maximum absolute atomic E-state index is 11.9. The lowest BCUT2D eigenvalue weighted by Gasteiger charge is -2.09. The Balaban J connectivity index is 1.76. The third kappa shape index (κ3) is 7.28. The third-order valence-electron chi connectivity index (χ3n) is 3.87. The van der Waals surface area contributed by atoms with Crippen LogP contribution in [0.4, 0.5) is 0 Å². The molecule has 0 saturated carbocycles. The highest BCUT2D eigenvalue weighted by molar-refractivity contribution is 9.10. The van der Waals surface area contributed by atoms with Gasteiger partial charge in [-0.05, 0) is 71.6 Å². The molecule has 0 aliphatic rings. The Hall–Kier alpha value is -1.86. The van der Waals surface area contributed by atoms with E-state index in [-0.39, 0.29) is 5.91 Å². The molecule has 0 aliphatic heterocycles. The van der Waals surface area contributed by atoms with Crippen LogP contribution < -0.4 is 14.9 Å². The number of nitrogens with one attached hydrogen (secondary N) is 1. The van der Waals surface area contributed by atoms with Gasteiger partial charge in [0.2, 0.25) is 5.91 Å². The molecule has 2 aromatic rings. The molecular formula is C21H24Br2N2O3. The number of carbonyl (C=O) groups excluding carboxylic acids is 1. The number of halogens is 2. The minimum atomic E-state index is -0.159. The van der Waals surface area contributed by atoms with Gasteiger partial charge in [-0.2, -0.15) is 5.10 Å². The van der Waals surface area contributed by atoms with Gasteiger partial charge in [0.25, 0.3) is 0 Å². The van der Waals surface area contributed by atoms with Crippen LogP contribution in [0.15, 0.2) is 50.4 Å². The Morgan fingerprint density at radius 2 is 1.89 bits per heavy atom. The van der Waals surface area contributed by atoms with Crippen molar-refractivity contribution in [2.45, 2.75) is 33.1 Å². The standard InChI is InChI=1S/C21H24Br2N2O3/c1-3-15-7-9-20(18(23)12-15)28-11-5-6-21(26)25-24-14-16-13-17(22)8-10-19(16)27-4-2/h7-10,12-14H,3-6,11H2,1-2H3,(H,25,26)/b24-14+. The highest BCUT2D eigenvalue weighted by Crippen LogP contribution is 2.26. The fraction of sp³-hybridized carbons (Fsp3) is 0.333. The molecule has 1 amide bonds. The van der Waals surface area contributed by atoms with Crippen LogP contribution >= 0.6 is 31.9 Å². The molecule has 0 saturated heterocycles. The summed E-state index contributed by atoms with van der Waals surface area (Å²) in [6.07, 6.45) is 3.49. The van der Waals surface area contributed by atoms with Crippen LogP contribution in [0.2, 0.25) is 0 Å². The van der Waals surface area contributed by atoms with E-state index in [4.69, 9.17) is 9.47 Å². The second kappa shape index (κ2) is 11.9. The summed E-state index contributed by atoms with van der Waals surface area (Å²) in [7, 11) is 0. The minimum Gasteiger partial charge on any atom is -0.493 e. The summed E-state index contributed by atoms with van der Waals surface area (Å²) in [6.45, 7) is 5.05. The van der Waals surface area contributed by atoms with Crippen LogP contribution in [0.3, 0.4) is 0 Å². The SMILES string of the molecule is CCOc1ccc(Br)cc1/C=N/NC(=O)CCCOc1ccc(CC)cc1Br. The largest absolute Gasteiger partial charge is 0.493 e. The summed E-state index contributed by atoms with van der Waals surface area (Å²) in [6, 6.07) is 11.7. The van der Waals surface area contributed by atoms with Crippen LogP contribution in [0, 0.1) is 0 Å². The summed E-state index contributed by atoms with van der Waals surface area (Å²) in [5, 5.41) is 4.02. The Morgan fingerprint density at radius 1 is 1.11 bits per heavy atom. The first kappa shape index (κ1) is 22.4. The average molecular weight is 512 g/mol. The fourth-order valence-corrected chi connectivity index (χ4v) is 3.35. The van der Waals surface area contributed by atoms with Crippen molar-refractivity contribution in [3.63, 3.8) is 0 Å². The van der Waals surface area contributed by atoms with Gasteiger partial charge in [0, 0.05) is 16.5 Å². The maximum Gasteiger partial charge on any atom is 0.240 e. The van der Waals surface area contributed by atoms with Crippen molar-refractivity contribution in [1.82, 2.24) is 5.43 Å². The van der Waals surface area contributed by atoms with Crippen molar-refractivity contribution in [2.75, 3.05) is 13.2 Å². The van der Waals surface area contributed by atoms with E-state index in [1.54, 1.807) is 6.21 Å². The van der Waals surface area contributed by atoms with Crippen molar-refractivity contribution in [1.29, 1.82) is 0 Å². The Morgan fingerprint density at radius 3 is 2.61 bits per heavy atom. The zero-order valence-corrected chi connectivity index (χ0v) is 19.2. The van der Waals surface area contributed by atoms with E-state index < -0.39 is 0 Å². The van der Waals surface area contributed by atoms with Gasteiger partial charge < -0.3 is 9.47 Å². The highest BCUT2D eigenvalue weighted by atomic mass is 79.9. The van der Waals surface area contributed by atoms with Crippen molar-refractivity contribution in [3.8, 4) is 11.5 Å². The van der Waals surface area contributed by atoms with Crippen LogP contribution in [0.25, 0.3) is 0 Å². The van der Waals surface area contributed by atoms with E-state index in [2.05, 4.69) is 55.4 Å². The van der Waals surface area contributed by atoms with Crippen molar-refractivity contribution in [2.24, 2.45) is 5.10 Å². The number of hydrogen-bond acceptors (Lipinski definition) is 4. The highest BCUT2D eigenvalue weighted by Gasteiger charge is 2.05. The van der Waals surface area contributed by atoms with E-state index in [1.807, 2.05) is 37.3 Å². The van der Waals surface area contributed by atoms with Gasteiger partial charge in [-0.15, -0.1) is 0 Å². The van der Waals surface area contributed by atoms with Crippen LogP contribution in [0.1, 0.15) is 37.8 Å². The molecule has 5 nitrogen and oxygen atoms in total. The molecule has 150 valence electrons. The molecule has 0 fully saturated rings. The number of ether oxygens (including phenoxy) is 2. The van der Waals surface area contributed by atoms with Crippen molar-refractivity contribution < 1.29 is 14.3 Å². The average Bonchev–Trinajstić information content (AvgIpc) is 2.68. The lowest BCUT2D eigenvalue weighted by molar-refractivity contribution is -0.121. The van der Waals surface area contributed by atoms with Crippen molar-refractivity contribution in [3.05, 3.63) is 56.5 Å². The smallest absolute Gasteiger partial charge is 0.240 e. The predicted molar refractivity (Wildman–Crippen MR) is 119 cm³/mol. The fourth-order valence-electron chi connectivity index (χ4n) is 2.43. The summed E-state index contributed by atoms with van der Waals surface area (Å²) in [5.41, 5.74) is 4.58. The first-order chi connectivity index (χ1) is 13.5. The minimum absolute atomic E-state index is 0.159. The molecule has 0 bridgehead atoms. The van der Waals surface area contributed by atoms with Gasteiger partial charge >= 0.3 is 0 Å². The lowest BCUT2D eigenvalue weighted by Crippen LogP contribution is -2.18. The summed E-state index contributed by atoms with van der Waals surface area (Å²) in [5.74, 6) is 1.35. The summed E-state index contributed by atoms with van der Waals surface area (Å²) in [4.78, 5) is 11.9. The number of hydrazone groups is 1. The van der Waals surface area contributed by atoms with Gasteiger partial charge in [-0.3, -0.25) is 4.79 Å². The molecule has 0 atom stereocenters. The van der Waals surface area contributed by atoms with E-state index >= 15 is 0 Å². The van der Waals surface area contributed by atoms with Gasteiger partial charge in [0.15, 0.2) is 0 Å². The zero-order chi connectivity index (χ0) is 20.4. The Kier molecular flexibility index (Phi) is 9.50. The van der Waals surface area contributed by atoms with Gasteiger partial charge in [-0.1, -0.05) is 28.9 Å². The zero-order valence-electron chi connectivity index (χ0n) is 16.0. The van der Waals surface area contributed by atoms with Gasteiger partial charge in [0.05, 0.1) is 23.9 Å². The molecule has 2 rings (SSSR count). The molecule has 28 heavy (non-hydrogen) atoms. The number of carbonyl (C=O) groups is 1. The molecule has 0 aliphatic carbocycles. The van der Waals surface area contributed by atoms with Gasteiger partial charge in [0.1, 0.15) is 11.5 Å². The monoisotopic (exact) mass is 510 g/mol. The van der Waals surface area contributed by atoms with E-state index in [0.717, 1.165) is 32.4 Å². The lowest BCUT2D eigenvalue weighted by atomic mass is 10.2. The van der Waals surface area contributed by atoms with Gasteiger partial charge in [-0.25, -0.2) is 5.43 Å². The van der Waals surface area contributed by atoms with Crippen molar-refractivity contribution >= 4 is 44.0 Å². The van der Waals surface area contributed by atoms with E-state index in [1.165, 1.54) is 5.56 Å². The number of aryl methyl sites for hydroxylation is 1. The number of hydrogen-bond donors (Lipinski definition) is 1.